The molecule has 0 N–H and O–H groups in total. The lowest BCUT2D eigenvalue weighted by Gasteiger charge is -2.24. The molecule has 4 rings (SSSR count). The van der Waals surface area contributed by atoms with E-state index in [1.54, 1.807) is 0 Å². The minimum atomic E-state index is -0.0266. The summed E-state index contributed by atoms with van der Waals surface area (Å²) in [5, 5.41) is 0. The van der Waals surface area contributed by atoms with E-state index in [1.807, 2.05) is 34.1 Å². The van der Waals surface area contributed by atoms with Crippen LogP contribution in [0.2, 0.25) is 0 Å². The van der Waals surface area contributed by atoms with E-state index >= 15 is 0 Å². The van der Waals surface area contributed by atoms with Crippen LogP contribution in [0.25, 0.3) is 0 Å². The maximum Gasteiger partial charge on any atom is 0.227 e. The van der Waals surface area contributed by atoms with Gasteiger partial charge >= 0.3 is 0 Å². The second-order valence-electron chi connectivity index (χ2n) is 7.71. The molecule has 4 nitrogen and oxygen atoms in total. The van der Waals surface area contributed by atoms with Crippen LogP contribution in [0.4, 0.5) is 5.69 Å². The zero-order chi connectivity index (χ0) is 16.0. The normalized spacial score (nSPS) is 27.3. The van der Waals surface area contributed by atoms with Gasteiger partial charge in [-0.2, -0.15) is 0 Å². The molecule has 122 valence electrons. The van der Waals surface area contributed by atoms with E-state index in [0.29, 0.717) is 24.7 Å². The summed E-state index contributed by atoms with van der Waals surface area (Å²) < 4.78 is 0. The molecule has 2 heterocycles. The van der Waals surface area contributed by atoms with E-state index in [1.165, 1.54) is 18.4 Å². The molecule has 0 bridgehead atoms. The third kappa shape index (κ3) is 2.87. The molecule has 1 atom stereocenters. The van der Waals surface area contributed by atoms with Crippen molar-refractivity contribution in [2.75, 3.05) is 24.5 Å². The van der Waals surface area contributed by atoms with Crippen LogP contribution in [-0.4, -0.2) is 36.3 Å². The first-order valence-corrected chi connectivity index (χ1v) is 8.70. The number of rotatable bonds is 3. The number of hydrogen-bond acceptors (Lipinski definition) is 2. The summed E-state index contributed by atoms with van der Waals surface area (Å²) >= 11 is 0. The quantitative estimate of drug-likeness (QED) is 0.861. The average molecular weight is 312 g/mol. The Morgan fingerprint density at radius 2 is 1.96 bits per heavy atom. The fraction of sp³-hybridized carbons (Fsp3) is 0.579. The molecule has 1 aromatic carbocycles. The molecule has 2 amide bonds. The maximum atomic E-state index is 12.5. The Kier molecular flexibility index (Phi) is 3.43. The Bertz CT molecular complexity index is 635. The third-order valence-corrected chi connectivity index (χ3v) is 5.62. The highest BCUT2D eigenvalue weighted by atomic mass is 16.2. The molecule has 1 unspecified atom stereocenters. The molecule has 1 aliphatic carbocycles. The molecule has 1 saturated carbocycles. The topological polar surface area (TPSA) is 40.6 Å². The highest BCUT2D eigenvalue weighted by Gasteiger charge is 2.49. The van der Waals surface area contributed by atoms with Gasteiger partial charge in [-0.3, -0.25) is 9.59 Å². The van der Waals surface area contributed by atoms with Gasteiger partial charge in [0.25, 0.3) is 0 Å². The first-order valence-electron chi connectivity index (χ1n) is 8.70. The molecule has 3 fully saturated rings. The number of benzene rings is 1. The van der Waals surface area contributed by atoms with E-state index in [-0.39, 0.29) is 11.3 Å². The zero-order valence-corrected chi connectivity index (χ0v) is 13.8. The summed E-state index contributed by atoms with van der Waals surface area (Å²) in [6, 6.07) is 8.15. The Balaban J connectivity index is 1.45. The third-order valence-electron chi connectivity index (χ3n) is 5.62. The van der Waals surface area contributed by atoms with Gasteiger partial charge in [0.1, 0.15) is 0 Å². The van der Waals surface area contributed by atoms with Gasteiger partial charge in [-0.15, -0.1) is 0 Å². The molecule has 1 aromatic rings. The van der Waals surface area contributed by atoms with E-state index < -0.39 is 0 Å². The zero-order valence-electron chi connectivity index (χ0n) is 13.8. The lowest BCUT2D eigenvalue weighted by atomic mass is 9.86. The van der Waals surface area contributed by atoms with Crippen molar-refractivity contribution in [1.29, 1.82) is 0 Å². The summed E-state index contributed by atoms with van der Waals surface area (Å²) in [5.41, 5.74) is 2.16. The van der Waals surface area contributed by atoms with Crippen LogP contribution in [0.1, 0.15) is 37.7 Å². The van der Waals surface area contributed by atoms with Crippen LogP contribution in [0, 0.1) is 18.3 Å². The summed E-state index contributed by atoms with van der Waals surface area (Å²) in [6.45, 7) is 4.38. The van der Waals surface area contributed by atoms with Crippen molar-refractivity contribution >= 4 is 17.5 Å². The molecule has 4 heteroatoms. The molecular formula is C19H24N2O2. The predicted octanol–water partition coefficient (Wildman–Crippen LogP) is 2.75. The van der Waals surface area contributed by atoms with Crippen molar-refractivity contribution in [3.05, 3.63) is 29.8 Å². The van der Waals surface area contributed by atoms with Crippen LogP contribution in [0.5, 0.6) is 0 Å². The van der Waals surface area contributed by atoms with E-state index in [0.717, 1.165) is 31.7 Å². The lowest BCUT2D eigenvalue weighted by Crippen LogP contribution is -2.34. The van der Waals surface area contributed by atoms with Gasteiger partial charge in [-0.25, -0.2) is 0 Å². The highest BCUT2D eigenvalue weighted by molar-refractivity contribution is 5.96. The van der Waals surface area contributed by atoms with Gasteiger partial charge in [-0.05, 0) is 44.2 Å². The minimum absolute atomic E-state index is 0.0266. The summed E-state index contributed by atoms with van der Waals surface area (Å²) in [7, 11) is 0. The molecule has 3 aliphatic rings. The predicted molar refractivity (Wildman–Crippen MR) is 89.1 cm³/mol. The van der Waals surface area contributed by atoms with Crippen molar-refractivity contribution in [1.82, 2.24) is 4.90 Å². The number of amides is 2. The second-order valence-corrected chi connectivity index (χ2v) is 7.71. The van der Waals surface area contributed by atoms with Gasteiger partial charge in [0.15, 0.2) is 0 Å². The number of carbonyl (C=O) groups excluding carboxylic acids is 2. The summed E-state index contributed by atoms with van der Waals surface area (Å²) in [4.78, 5) is 28.8. The van der Waals surface area contributed by atoms with Gasteiger partial charge in [0, 0.05) is 43.6 Å². The molecule has 0 aromatic heterocycles. The van der Waals surface area contributed by atoms with Crippen LogP contribution in [0.3, 0.4) is 0 Å². The Morgan fingerprint density at radius 1 is 1.22 bits per heavy atom. The first kappa shape index (κ1) is 14.7. The van der Waals surface area contributed by atoms with Crippen LogP contribution in [-0.2, 0) is 9.59 Å². The number of likely N-dealkylation sites (tertiary alicyclic amines) is 1. The maximum absolute atomic E-state index is 12.5. The van der Waals surface area contributed by atoms with Gasteiger partial charge in [0.2, 0.25) is 11.8 Å². The molecule has 2 aliphatic heterocycles. The second kappa shape index (κ2) is 5.36. The van der Waals surface area contributed by atoms with E-state index in [4.69, 9.17) is 0 Å². The summed E-state index contributed by atoms with van der Waals surface area (Å²) in [5.74, 6) is 1.13. The van der Waals surface area contributed by atoms with Crippen molar-refractivity contribution in [2.24, 2.45) is 11.3 Å². The lowest BCUT2D eigenvalue weighted by molar-refractivity contribution is -0.131. The van der Waals surface area contributed by atoms with Crippen molar-refractivity contribution in [3.63, 3.8) is 0 Å². The highest BCUT2D eigenvalue weighted by Crippen LogP contribution is 2.42. The molecule has 2 saturated heterocycles. The molecule has 23 heavy (non-hydrogen) atoms. The molecule has 1 spiro atoms. The van der Waals surface area contributed by atoms with Gasteiger partial charge < -0.3 is 9.80 Å². The fourth-order valence-electron chi connectivity index (χ4n) is 3.98. The van der Waals surface area contributed by atoms with Crippen LogP contribution in [0.15, 0.2) is 24.3 Å². The first-order chi connectivity index (χ1) is 11.0. The Hall–Kier alpha value is -1.84. The number of carbonyl (C=O) groups is 2. The van der Waals surface area contributed by atoms with Crippen molar-refractivity contribution < 1.29 is 9.59 Å². The number of hydrogen-bond donors (Lipinski definition) is 0. The number of nitrogens with zero attached hydrogens (tertiary/aromatic N) is 2. The monoisotopic (exact) mass is 312 g/mol. The van der Waals surface area contributed by atoms with Crippen LogP contribution < -0.4 is 4.90 Å². The van der Waals surface area contributed by atoms with E-state index in [9.17, 15) is 9.59 Å². The van der Waals surface area contributed by atoms with E-state index in [2.05, 4.69) is 6.92 Å². The minimum Gasteiger partial charge on any atom is -0.342 e. The average Bonchev–Trinajstić information content (AvgIpc) is 3.15. The number of anilines is 1. The van der Waals surface area contributed by atoms with Crippen molar-refractivity contribution in [3.8, 4) is 0 Å². The summed E-state index contributed by atoms with van der Waals surface area (Å²) in [6.07, 6.45) is 4.67. The molecule has 0 radical (unpaired) electrons. The number of aryl methyl sites for hydroxylation is 1. The SMILES string of the molecule is Cc1ccc(N2CC3(CCN(C(=O)CC4CC4)C3)CC2=O)cc1. The molecular weight excluding hydrogens is 288 g/mol. The largest absolute Gasteiger partial charge is 0.342 e. The standard InChI is InChI=1S/C19H24N2O2/c1-14-2-6-16(7-3-14)21-13-19(11-18(21)23)8-9-20(12-19)17(22)10-15-4-5-15/h2-3,6-7,15H,4-5,8-13H2,1H3. The van der Waals surface area contributed by atoms with Gasteiger partial charge in [-0.1, -0.05) is 17.7 Å². The Labute approximate surface area is 137 Å². The smallest absolute Gasteiger partial charge is 0.227 e. The van der Waals surface area contributed by atoms with Crippen LogP contribution >= 0.6 is 0 Å². The van der Waals surface area contributed by atoms with Crippen molar-refractivity contribution in [2.45, 2.75) is 39.0 Å². The fourth-order valence-corrected chi connectivity index (χ4v) is 3.98. The van der Waals surface area contributed by atoms with Gasteiger partial charge in [0.05, 0.1) is 0 Å². The Morgan fingerprint density at radius 3 is 2.65 bits per heavy atom.